The highest BCUT2D eigenvalue weighted by Crippen LogP contribution is 2.17. The Balaban J connectivity index is 1.99. The summed E-state index contributed by atoms with van der Waals surface area (Å²) in [5.41, 5.74) is 5.42. The summed E-state index contributed by atoms with van der Waals surface area (Å²) in [6.07, 6.45) is 3.22. The summed E-state index contributed by atoms with van der Waals surface area (Å²) in [7, 11) is 2.05. The van der Waals surface area contributed by atoms with E-state index in [1.54, 1.807) is 0 Å². The van der Waals surface area contributed by atoms with Crippen LogP contribution in [0.5, 0.6) is 0 Å². The van der Waals surface area contributed by atoms with Gasteiger partial charge < -0.3 is 16.0 Å². The van der Waals surface area contributed by atoms with E-state index in [0.29, 0.717) is 12.5 Å². The van der Waals surface area contributed by atoms with Crippen LogP contribution in [0.15, 0.2) is 12.3 Å². The zero-order valence-electron chi connectivity index (χ0n) is 11.9. The number of nitrogen functional groups attached to an aromatic ring is 1. The van der Waals surface area contributed by atoms with E-state index in [2.05, 4.69) is 22.2 Å². The largest absolute Gasteiger partial charge is 0.383 e. The van der Waals surface area contributed by atoms with E-state index in [0.717, 1.165) is 38.2 Å². The second-order valence-corrected chi connectivity index (χ2v) is 5.36. The summed E-state index contributed by atoms with van der Waals surface area (Å²) in [6, 6.07) is 1.16. The van der Waals surface area contributed by atoms with Gasteiger partial charge in [-0.15, -0.1) is 0 Å². The van der Waals surface area contributed by atoms with Crippen LogP contribution < -0.4 is 11.1 Å². The smallest absolute Gasteiger partial charge is 0.288 e. The first-order valence-corrected chi connectivity index (χ1v) is 6.84. The van der Waals surface area contributed by atoms with Crippen molar-refractivity contribution in [1.82, 2.24) is 15.2 Å². The van der Waals surface area contributed by atoms with Crippen molar-refractivity contribution < 1.29 is 9.72 Å². The number of nitro groups is 1. The van der Waals surface area contributed by atoms with Crippen molar-refractivity contribution in [3.05, 3.63) is 27.9 Å². The summed E-state index contributed by atoms with van der Waals surface area (Å²) in [5.74, 6) is -0.0311. The van der Waals surface area contributed by atoms with Gasteiger partial charge in [0, 0.05) is 19.2 Å². The van der Waals surface area contributed by atoms with Crippen LogP contribution in [0.1, 0.15) is 23.2 Å². The Bertz CT molecular complexity index is 549. The fraction of sp³-hybridized carbons (Fsp3) is 0.538. The first-order chi connectivity index (χ1) is 9.97. The maximum Gasteiger partial charge on any atom is 0.288 e. The molecule has 0 aliphatic carbocycles. The molecular weight excluding hydrogens is 274 g/mol. The maximum atomic E-state index is 12.1. The molecule has 1 saturated heterocycles. The summed E-state index contributed by atoms with van der Waals surface area (Å²) in [5, 5.41) is 13.5. The third kappa shape index (κ3) is 3.88. The van der Waals surface area contributed by atoms with Crippen molar-refractivity contribution in [1.29, 1.82) is 0 Å². The van der Waals surface area contributed by atoms with Crippen molar-refractivity contribution in [2.75, 3.05) is 32.4 Å². The highest BCUT2D eigenvalue weighted by Gasteiger charge is 2.20. The van der Waals surface area contributed by atoms with Crippen LogP contribution in [0.25, 0.3) is 0 Å². The normalized spacial score (nSPS) is 19.2. The fourth-order valence-electron chi connectivity index (χ4n) is 2.52. The predicted octanol–water partition coefficient (Wildman–Crippen LogP) is 0.644. The molecule has 1 aliphatic heterocycles. The highest BCUT2D eigenvalue weighted by atomic mass is 16.6. The molecule has 1 atom stereocenters. The van der Waals surface area contributed by atoms with Gasteiger partial charge in [-0.2, -0.15) is 0 Å². The lowest BCUT2D eigenvalue weighted by Gasteiger charge is -2.29. The summed E-state index contributed by atoms with van der Waals surface area (Å²) < 4.78 is 0. The van der Waals surface area contributed by atoms with Crippen molar-refractivity contribution in [2.45, 2.75) is 12.8 Å². The zero-order valence-corrected chi connectivity index (χ0v) is 11.9. The van der Waals surface area contributed by atoms with Crippen molar-refractivity contribution in [2.24, 2.45) is 5.92 Å². The topological polar surface area (TPSA) is 114 Å². The second kappa shape index (κ2) is 6.49. The number of nitrogens with one attached hydrogen (secondary N) is 1. The molecule has 8 heteroatoms. The number of piperidine rings is 1. The molecule has 0 aromatic carbocycles. The van der Waals surface area contributed by atoms with E-state index in [9.17, 15) is 14.9 Å². The number of carbonyl (C=O) groups excluding carboxylic acids is 1. The highest BCUT2D eigenvalue weighted by molar-refractivity contribution is 5.98. The Hall–Kier alpha value is -2.22. The molecule has 0 saturated carbocycles. The summed E-state index contributed by atoms with van der Waals surface area (Å²) in [6.45, 7) is 2.54. The minimum atomic E-state index is -0.598. The van der Waals surface area contributed by atoms with Crippen molar-refractivity contribution in [3.8, 4) is 0 Å². The van der Waals surface area contributed by atoms with Crippen molar-refractivity contribution in [3.63, 3.8) is 0 Å². The minimum absolute atomic E-state index is 0.00105. The molecular formula is C13H19N5O3. The van der Waals surface area contributed by atoms with Crippen LogP contribution in [-0.4, -0.2) is 47.4 Å². The lowest BCUT2D eigenvalue weighted by molar-refractivity contribution is -0.385. The number of anilines is 1. The van der Waals surface area contributed by atoms with Crippen LogP contribution >= 0.6 is 0 Å². The molecule has 1 amide bonds. The molecule has 21 heavy (non-hydrogen) atoms. The number of likely N-dealkylation sites (tertiary alicyclic amines) is 1. The molecule has 2 heterocycles. The van der Waals surface area contributed by atoms with E-state index in [4.69, 9.17) is 5.73 Å². The van der Waals surface area contributed by atoms with Crippen LogP contribution in [-0.2, 0) is 0 Å². The van der Waals surface area contributed by atoms with E-state index >= 15 is 0 Å². The van der Waals surface area contributed by atoms with Crippen molar-refractivity contribution >= 4 is 17.4 Å². The van der Waals surface area contributed by atoms with E-state index in [-0.39, 0.29) is 17.1 Å². The van der Waals surface area contributed by atoms with Crippen LogP contribution in [0.4, 0.5) is 11.5 Å². The molecule has 1 unspecified atom stereocenters. The molecule has 114 valence electrons. The Kier molecular flexibility index (Phi) is 4.69. The van der Waals surface area contributed by atoms with Gasteiger partial charge in [0.15, 0.2) is 0 Å². The first kappa shape index (κ1) is 15.2. The van der Waals surface area contributed by atoms with Gasteiger partial charge in [0.2, 0.25) is 0 Å². The fourth-order valence-corrected chi connectivity index (χ4v) is 2.52. The molecule has 0 bridgehead atoms. The standard InChI is InChI=1S/C13H19N5O3/c1-17-4-2-3-9(8-17)6-16-13(19)11-5-10(18(20)21)7-15-12(11)14/h5,7,9H,2-4,6,8H2,1H3,(H2,14,15)(H,16,19). The summed E-state index contributed by atoms with van der Waals surface area (Å²) >= 11 is 0. The van der Waals surface area contributed by atoms with E-state index < -0.39 is 10.8 Å². The molecule has 8 nitrogen and oxygen atoms in total. The molecule has 0 radical (unpaired) electrons. The molecule has 0 spiro atoms. The van der Waals surface area contributed by atoms with Crippen LogP contribution in [0.2, 0.25) is 0 Å². The van der Waals surface area contributed by atoms with Gasteiger partial charge in [0.1, 0.15) is 12.0 Å². The Morgan fingerprint density at radius 1 is 1.67 bits per heavy atom. The van der Waals surface area contributed by atoms with Gasteiger partial charge >= 0.3 is 0 Å². The Morgan fingerprint density at radius 2 is 2.43 bits per heavy atom. The van der Waals surface area contributed by atoms with Crippen LogP contribution in [0.3, 0.4) is 0 Å². The number of rotatable bonds is 4. The number of pyridine rings is 1. The molecule has 3 N–H and O–H groups in total. The zero-order chi connectivity index (χ0) is 15.4. The Labute approximate surface area is 122 Å². The number of aromatic nitrogens is 1. The van der Waals surface area contributed by atoms with E-state index in [1.165, 1.54) is 0 Å². The number of nitrogens with two attached hydrogens (primary N) is 1. The predicted molar refractivity (Wildman–Crippen MR) is 77.9 cm³/mol. The lowest BCUT2D eigenvalue weighted by Crippen LogP contribution is -2.39. The summed E-state index contributed by atoms with van der Waals surface area (Å²) in [4.78, 5) is 28.1. The first-order valence-electron chi connectivity index (χ1n) is 6.84. The molecule has 1 aromatic rings. The van der Waals surface area contributed by atoms with Gasteiger partial charge in [-0.1, -0.05) is 0 Å². The molecule has 1 aromatic heterocycles. The van der Waals surface area contributed by atoms with Crippen LogP contribution in [0, 0.1) is 16.0 Å². The molecule has 2 rings (SSSR count). The minimum Gasteiger partial charge on any atom is -0.383 e. The second-order valence-electron chi connectivity index (χ2n) is 5.36. The number of nitrogens with zero attached hydrogens (tertiary/aromatic N) is 3. The third-order valence-electron chi connectivity index (χ3n) is 3.63. The average Bonchev–Trinajstić information content (AvgIpc) is 2.45. The number of carbonyl (C=O) groups is 1. The van der Waals surface area contributed by atoms with E-state index in [1.807, 2.05) is 0 Å². The quantitative estimate of drug-likeness (QED) is 0.622. The monoisotopic (exact) mass is 293 g/mol. The van der Waals surface area contributed by atoms with Gasteiger partial charge in [0.05, 0.1) is 10.5 Å². The number of amides is 1. The Morgan fingerprint density at radius 3 is 3.10 bits per heavy atom. The average molecular weight is 293 g/mol. The third-order valence-corrected chi connectivity index (χ3v) is 3.63. The van der Waals surface area contributed by atoms with Gasteiger partial charge in [-0.3, -0.25) is 14.9 Å². The number of hydrogen-bond acceptors (Lipinski definition) is 6. The number of hydrogen-bond donors (Lipinski definition) is 2. The van der Waals surface area contributed by atoms with Gasteiger partial charge in [-0.25, -0.2) is 4.98 Å². The SMILES string of the molecule is CN1CCCC(CNC(=O)c2cc([N+](=O)[O-])cnc2N)C1. The van der Waals surface area contributed by atoms with Gasteiger partial charge in [-0.05, 0) is 32.4 Å². The molecule has 1 fully saturated rings. The van der Waals surface area contributed by atoms with Gasteiger partial charge in [0.25, 0.3) is 11.6 Å². The maximum absolute atomic E-state index is 12.1. The lowest BCUT2D eigenvalue weighted by atomic mass is 9.98. The molecule has 1 aliphatic rings.